The first-order chi connectivity index (χ1) is 14.2. The molecule has 1 atom stereocenters. The van der Waals surface area contributed by atoms with Crippen LogP contribution in [0.4, 0.5) is 13.2 Å². The van der Waals surface area contributed by atoms with Gasteiger partial charge in [-0.2, -0.15) is 4.98 Å². The van der Waals surface area contributed by atoms with Crippen LogP contribution in [0.1, 0.15) is 28.7 Å². The topological polar surface area (TPSA) is 97.5 Å². The van der Waals surface area contributed by atoms with Crippen molar-refractivity contribution in [2.45, 2.75) is 18.8 Å². The minimum Gasteiger partial charge on any atom is -0.406 e. The summed E-state index contributed by atoms with van der Waals surface area (Å²) in [6.45, 7) is -0.257. The molecule has 0 bridgehead atoms. The summed E-state index contributed by atoms with van der Waals surface area (Å²) >= 11 is 5.81. The monoisotopic (exact) mass is 441 g/mol. The number of hydrogen-bond acceptors (Lipinski definition) is 6. The number of benzene rings is 2. The third kappa shape index (κ3) is 5.71. The summed E-state index contributed by atoms with van der Waals surface area (Å²) in [5.41, 5.74) is 0.730. The molecule has 2 N–H and O–H groups in total. The van der Waals surface area contributed by atoms with Gasteiger partial charge in [-0.1, -0.05) is 16.8 Å². The molecule has 0 aliphatic heterocycles. The number of aliphatic hydroxyl groups excluding tert-OH is 1. The van der Waals surface area contributed by atoms with E-state index in [-0.39, 0.29) is 30.5 Å². The molecule has 7 nitrogen and oxygen atoms in total. The summed E-state index contributed by atoms with van der Waals surface area (Å²) < 4.78 is 45.8. The van der Waals surface area contributed by atoms with Crippen LogP contribution < -0.4 is 10.1 Å². The molecule has 0 fully saturated rings. The molecule has 0 unspecified atom stereocenters. The second-order valence-electron chi connectivity index (χ2n) is 6.07. The number of nitrogens with zero attached hydrogens (tertiary/aromatic N) is 2. The van der Waals surface area contributed by atoms with E-state index in [0.29, 0.717) is 16.1 Å². The van der Waals surface area contributed by atoms with E-state index in [4.69, 9.17) is 16.1 Å². The summed E-state index contributed by atoms with van der Waals surface area (Å²) in [7, 11) is 0. The van der Waals surface area contributed by atoms with Gasteiger partial charge in [0.1, 0.15) is 11.8 Å². The van der Waals surface area contributed by atoms with Crippen molar-refractivity contribution < 1.29 is 32.3 Å². The van der Waals surface area contributed by atoms with Crippen molar-refractivity contribution in [2.24, 2.45) is 0 Å². The summed E-state index contributed by atoms with van der Waals surface area (Å²) in [5.74, 6) is -0.675. The van der Waals surface area contributed by atoms with Crippen molar-refractivity contribution in [1.82, 2.24) is 15.5 Å². The minimum absolute atomic E-state index is 0.0389. The van der Waals surface area contributed by atoms with Crippen molar-refractivity contribution >= 4 is 17.5 Å². The molecule has 0 spiro atoms. The third-order valence-corrected chi connectivity index (χ3v) is 4.17. The highest BCUT2D eigenvalue weighted by molar-refractivity contribution is 6.30. The Morgan fingerprint density at radius 3 is 2.43 bits per heavy atom. The first-order valence-corrected chi connectivity index (χ1v) is 9.00. The normalized spacial score (nSPS) is 12.4. The third-order valence-electron chi connectivity index (χ3n) is 3.92. The molecule has 3 rings (SSSR count). The van der Waals surface area contributed by atoms with E-state index in [2.05, 4.69) is 20.2 Å². The maximum absolute atomic E-state index is 12.4. The molecule has 30 heavy (non-hydrogen) atoms. The van der Waals surface area contributed by atoms with E-state index in [1.807, 2.05) is 0 Å². The molecule has 158 valence electrons. The fourth-order valence-electron chi connectivity index (χ4n) is 2.53. The molecule has 0 saturated heterocycles. The standard InChI is InChI=1S/C19H15ClF3N3O4/c20-13-5-1-12(2-6-13)17(28)24-15(9-10-27)18-25-16(26-30-18)11-3-7-14(8-4-11)29-19(21,22)23/h1-8,15,27H,9-10H2,(H,24,28)/t15-/m0/s1. The van der Waals surface area contributed by atoms with Crippen LogP contribution in [-0.4, -0.2) is 34.1 Å². The van der Waals surface area contributed by atoms with Crippen molar-refractivity contribution in [3.8, 4) is 17.1 Å². The van der Waals surface area contributed by atoms with E-state index < -0.39 is 18.3 Å². The summed E-state index contributed by atoms with van der Waals surface area (Å²) in [4.78, 5) is 16.6. The number of carbonyl (C=O) groups excluding carboxylic acids is 1. The average molecular weight is 442 g/mol. The van der Waals surface area contributed by atoms with Gasteiger partial charge < -0.3 is 19.7 Å². The number of halogens is 4. The highest BCUT2D eigenvalue weighted by Crippen LogP contribution is 2.26. The van der Waals surface area contributed by atoms with Gasteiger partial charge in [-0.15, -0.1) is 13.2 Å². The predicted molar refractivity (Wildman–Crippen MR) is 99.8 cm³/mol. The predicted octanol–water partition coefficient (Wildman–Crippen LogP) is 4.14. The molecule has 0 radical (unpaired) electrons. The summed E-state index contributed by atoms with van der Waals surface area (Å²) in [5, 5.41) is 16.3. The SMILES string of the molecule is O=C(N[C@@H](CCO)c1nc(-c2ccc(OC(F)(F)F)cc2)no1)c1ccc(Cl)cc1. The van der Waals surface area contributed by atoms with Crippen molar-refractivity contribution in [3.63, 3.8) is 0 Å². The van der Waals surface area contributed by atoms with Gasteiger partial charge in [-0.05, 0) is 55.0 Å². The fraction of sp³-hybridized carbons (Fsp3) is 0.211. The lowest BCUT2D eigenvalue weighted by Crippen LogP contribution is -2.29. The zero-order valence-electron chi connectivity index (χ0n) is 15.2. The van der Waals surface area contributed by atoms with Crippen LogP contribution in [0.25, 0.3) is 11.4 Å². The molecule has 2 aromatic carbocycles. The Balaban J connectivity index is 1.74. The number of carbonyl (C=O) groups is 1. The lowest BCUT2D eigenvalue weighted by molar-refractivity contribution is -0.274. The van der Waals surface area contributed by atoms with E-state index in [1.165, 1.54) is 24.3 Å². The Morgan fingerprint density at radius 2 is 1.83 bits per heavy atom. The van der Waals surface area contributed by atoms with Crippen LogP contribution in [0.2, 0.25) is 5.02 Å². The first-order valence-electron chi connectivity index (χ1n) is 8.62. The van der Waals surface area contributed by atoms with Crippen LogP contribution in [0.15, 0.2) is 53.1 Å². The number of alkyl halides is 3. The second kappa shape index (κ2) is 9.14. The van der Waals surface area contributed by atoms with Crippen molar-refractivity contribution in [2.75, 3.05) is 6.61 Å². The number of rotatable bonds is 7. The maximum Gasteiger partial charge on any atom is 0.573 e. The number of aliphatic hydroxyl groups is 1. The van der Waals surface area contributed by atoms with Crippen molar-refractivity contribution in [3.05, 3.63) is 65.0 Å². The number of amides is 1. The van der Waals surface area contributed by atoms with Crippen LogP contribution in [0.5, 0.6) is 5.75 Å². The van der Waals surface area contributed by atoms with Crippen LogP contribution in [-0.2, 0) is 0 Å². The number of hydrogen-bond donors (Lipinski definition) is 2. The molecule has 0 aliphatic carbocycles. The number of ether oxygens (including phenoxy) is 1. The van der Waals surface area contributed by atoms with Crippen LogP contribution in [0.3, 0.4) is 0 Å². The van der Waals surface area contributed by atoms with Gasteiger partial charge in [0.2, 0.25) is 11.7 Å². The smallest absolute Gasteiger partial charge is 0.406 e. The molecule has 1 heterocycles. The van der Waals surface area contributed by atoms with Gasteiger partial charge in [-0.25, -0.2) is 0 Å². The second-order valence-corrected chi connectivity index (χ2v) is 6.51. The van der Waals surface area contributed by atoms with Crippen LogP contribution >= 0.6 is 11.6 Å². The Labute approximate surface area is 173 Å². The van der Waals surface area contributed by atoms with Gasteiger partial charge in [-0.3, -0.25) is 4.79 Å². The molecular weight excluding hydrogens is 427 g/mol. The molecule has 0 aliphatic rings. The van der Waals surface area contributed by atoms with E-state index in [9.17, 15) is 23.1 Å². The quantitative estimate of drug-likeness (QED) is 0.572. The number of aromatic nitrogens is 2. The van der Waals surface area contributed by atoms with Crippen molar-refractivity contribution in [1.29, 1.82) is 0 Å². The van der Waals surface area contributed by atoms with Gasteiger partial charge in [0.15, 0.2) is 0 Å². The highest BCUT2D eigenvalue weighted by atomic mass is 35.5. The molecule has 1 aromatic heterocycles. The van der Waals surface area contributed by atoms with E-state index in [0.717, 1.165) is 12.1 Å². The first kappa shape index (κ1) is 21.6. The average Bonchev–Trinajstić information content (AvgIpc) is 3.17. The molecule has 11 heteroatoms. The molecular formula is C19H15ClF3N3O4. The van der Waals surface area contributed by atoms with E-state index in [1.54, 1.807) is 12.1 Å². The highest BCUT2D eigenvalue weighted by Gasteiger charge is 2.31. The van der Waals surface area contributed by atoms with Gasteiger partial charge in [0, 0.05) is 22.8 Å². The molecule has 0 saturated carbocycles. The molecule has 3 aromatic rings. The van der Waals surface area contributed by atoms with Gasteiger partial charge in [0.25, 0.3) is 5.91 Å². The largest absolute Gasteiger partial charge is 0.573 e. The summed E-state index contributed by atoms with van der Waals surface area (Å²) in [6, 6.07) is 10.3. The Bertz CT molecular complexity index is 992. The molecule has 1 amide bonds. The lowest BCUT2D eigenvalue weighted by atomic mass is 10.1. The van der Waals surface area contributed by atoms with Gasteiger partial charge >= 0.3 is 6.36 Å². The Hall–Kier alpha value is -3.11. The maximum atomic E-state index is 12.4. The fourth-order valence-corrected chi connectivity index (χ4v) is 2.65. The van der Waals surface area contributed by atoms with Gasteiger partial charge in [0.05, 0.1) is 0 Å². The zero-order chi connectivity index (χ0) is 21.7. The number of nitrogens with one attached hydrogen (secondary N) is 1. The van der Waals surface area contributed by atoms with E-state index >= 15 is 0 Å². The van der Waals surface area contributed by atoms with Crippen LogP contribution in [0, 0.1) is 0 Å². The Kier molecular flexibility index (Phi) is 6.58. The summed E-state index contributed by atoms with van der Waals surface area (Å²) in [6.07, 6.45) is -4.68. The lowest BCUT2D eigenvalue weighted by Gasteiger charge is -2.13. The minimum atomic E-state index is -4.79. The zero-order valence-corrected chi connectivity index (χ0v) is 15.9. The Morgan fingerprint density at radius 1 is 1.17 bits per heavy atom.